The predicted octanol–water partition coefficient (Wildman–Crippen LogP) is 2.76. The average Bonchev–Trinajstić information content (AvgIpc) is 2.47. The maximum atomic E-state index is 12.2. The zero-order valence-electron chi connectivity index (χ0n) is 11.1. The highest BCUT2D eigenvalue weighted by molar-refractivity contribution is 9.10. The molecule has 5 nitrogen and oxygen atoms in total. The van der Waals surface area contributed by atoms with Gasteiger partial charge in [0.15, 0.2) is 0 Å². The second-order valence-electron chi connectivity index (χ2n) is 4.39. The fourth-order valence-corrected chi connectivity index (χ4v) is 3.17. The van der Waals surface area contributed by atoms with Gasteiger partial charge in [0, 0.05) is 16.7 Å². The minimum Gasteiger partial charge on any atom is -0.244 e. The third-order valence-electron chi connectivity index (χ3n) is 2.86. The number of aromatic nitrogens is 1. The molecule has 21 heavy (non-hydrogen) atoms. The predicted molar refractivity (Wildman–Crippen MR) is 81.8 cm³/mol. The van der Waals surface area contributed by atoms with Gasteiger partial charge in [-0.3, -0.25) is 0 Å². The van der Waals surface area contributed by atoms with E-state index in [4.69, 9.17) is 5.26 Å². The van der Waals surface area contributed by atoms with Crippen LogP contribution in [0.3, 0.4) is 0 Å². The van der Waals surface area contributed by atoms with Crippen LogP contribution in [0.25, 0.3) is 0 Å². The van der Waals surface area contributed by atoms with Crippen molar-refractivity contribution in [2.75, 3.05) is 0 Å². The van der Waals surface area contributed by atoms with Gasteiger partial charge in [0.2, 0.25) is 10.0 Å². The number of hydrogen-bond acceptors (Lipinski definition) is 4. The molecule has 1 atom stereocenters. The molecule has 0 unspecified atom stereocenters. The summed E-state index contributed by atoms with van der Waals surface area (Å²) in [7, 11) is -3.68. The van der Waals surface area contributed by atoms with Crippen LogP contribution in [0, 0.1) is 11.3 Å². The van der Waals surface area contributed by atoms with Gasteiger partial charge in [-0.15, -0.1) is 0 Å². The molecule has 0 fully saturated rings. The smallest absolute Gasteiger partial charge is 0.242 e. The van der Waals surface area contributed by atoms with E-state index in [-0.39, 0.29) is 16.6 Å². The van der Waals surface area contributed by atoms with Crippen LogP contribution in [0.2, 0.25) is 0 Å². The number of sulfonamides is 1. The first-order valence-electron chi connectivity index (χ1n) is 6.06. The van der Waals surface area contributed by atoms with E-state index in [2.05, 4.69) is 25.6 Å². The summed E-state index contributed by atoms with van der Waals surface area (Å²) < 4.78 is 28.0. The Morgan fingerprint density at radius 3 is 2.43 bits per heavy atom. The van der Waals surface area contributed by atoms with Crippen molar-refractivity contribution < 1.29 is 8.42 Å². The van der Waals surface area contributed by atoms with Gasteiger partial charge < -0.3 is 0 Å². The minimum absolute atomic E-state index is 0.0328. The molecule has 108 valence electrons. The monoisotopic (exact) mass is 365 g/mol. The molecule has 0 aliphatic heterocycles. The third-order valence-corrected chi connectivity index (χ3v) is 4.92. The van der Waals surface area contributed by atoms with E-state index in [9.17, 15) is 8.42 Å². The Hall–Kier alpha value is -1.75. The second kappa shape index (κ2) is 6.35. The first-order valence-corrected chi connectivity index (χ1v) is 8.34. The van der Waals surface area contributed by atoms with Crippen LogP contribution >= 0.6 is 15.9 Å². The lowest BCUT2D eigenvalue weighted by Gasteiger charge is -2.14. The number of benzene rings is 1. The molecule has 1 aromatic heterocycles. The summed E-state index contributed by atoms with van der Waals surface area (Å²) in [6.07, 6.45) is 1.18. The van der Waals surface area contributed by atoms with Gasteiger partial charge in [-0.05, 0) is 36.8 Å². The van der Waals surface area contributed by atoms with Crippen LogP contribution in [0.5, 0.6) is 0 Å². The molecule has 0 radical (unpaired) electrons. The fraction of sp³-hybridized carbons (Fsp3) is 0.143. The molecule has 1 aromatic carbocycles. The lowest BCUT2D eigenvalue weighted by molar-refractivity contribution is 0.566. The van der Waals surface area contributed by atoms with Gasteiger partial charge in [0.25, 0.3) is 0 Å². The maximum absolute atomic E-state index is 12.2. The Morgan fingerprint density at radius 2 is 1.90 bits per heavy atom. The molecule has 0 bridgehead atoms. The van der Waals surface area contributed by atoms with E-state index >= 15 is 0 Å². The van der Waals surface area contributed by atoms with E-state index in [1.165, 1.54) is 18.3 Å². The van der Waals surface area contributed by atoms with Crippen LogP contribution in [-0.2, 0) is 10.0 Å². The van der Waals surface area contributed by atoms with Crippen LogP contribution in [0.4, 0.5) is 0 Å². The Kier molecular flexibility index (Phi) is 4.73. The van der Waals surface area contributed by atoms with Gasteiger partial charge in [-0.25, -0.2) is 18.1 Å². The number of nitrogens with one attached hydrogen (secondary N) is 1. The molecule has 0 aliphatic carbocycles. The summed E-state index contributed by atoms with van der Waals surface area (Å²) in [6.45, 7) is 1.76. The summed E-state index contributed by atoms with van der Waals surface area (Å²) in [4.78, 5) is 3.80. The molecule has 0 aliphatic rings. The molecule has 2 aromatic rings. The van der Waals surface area contributed by atoms with Crippen LogP contribution in [0.15, 0.2) is 52.0 Å². The molecular weight excluding hydrogens is 354 g/mol. The van der Waals surface area contributed by atoms with Crippen molar-refractivity contribution in [3.05, 3.63) is 58.3 Å². The van der Waals surface area contributed by atoms with E-state index < -0.39 is 10.0 Å². The maximum Gasteiger partial charge on any atom is 0.242 e. The third kappa shape index (κ3) is 3.88. The molecule has 0 saturated carbocycles. The highest BCUT2D eigenvalue weighted by atomic mass is 79.9. The molecule has 0 spiro atoms. The van der Waals surface area contributed by atoms with E-state index in [1.807, 2.05) is 30.3 Å². The van der Waals surface area contributed by atoms with Gasteiger partial charge >= 0.3 is 0 Å². The summed E-state index contributed by atoms with van der Waals surface area (Å²) in [5, 5.41) is 8.67. The normalized spacial score (nSPS) is 12.6. The molecule has 7 heteroatoms. The van der Waals surface area contributed by atoms with Crippen molar-refractivity contribution in [1.29, 1.82) is 5.26 Å². The highest BCUT2D eigenvalue weighted by Crippen LogP contribution is 2.19. The molecule has 2 rings (SSSR count). The van der Waals surface area contributed by atoms with Crippen molar-refractivity contribution in [2.45, 2.75) is 17.9 Å². The van der Waals surface area contributed by atoms with E-state index in [1.54, 1.807) is 6.92 Å². The van der Waals surface area contributed by atoms with Gasteiger partial charge in [-0.2, -0.15) is 5.26 Å². The van der Waals surface area contributed by atoms with Crippen LogP contribution < -0.4 is 4.72 Å². The van der Waals surface area contributed by atoms with Crippen molar-refractivity contribution in [3.8, 4) is 6.07 Å². The fourth-order valence-electron chi connectivity index (χ4n) is 1.73. The van der Waals surface area contributed by atoms with Crippen LogP contribution in [0.1, 0.15) is 24.2 Å². The largest absolute Gasteiger partial charge is 0.244 e. The van der Waals surface area contributed by atoms with Gasteiger partial charge in [0.1, 0.15) is 16.7 Å². The Bertz CT molecular complexity index is 765. The SMILES string of the molecule is C[C@H](NS(=O)(=O)c1ccc(C#N)nc1)c1ccc(Br)cc1. The molecule has 1 heterocycles. The van der Waals surface area contributed by atoms with E-state index in [0.29, 0.717) is 0 Å². The number of hydrogen-bond donors (Lipinski definition) is 1. The quantitative estimate of drug-likeness (QED) is 0.902. The Balaban J connectivity index is 2.20. The lowest BCUT2D eigenvalue weighted by Crippen LogP contribution is -2.27. The molecular formula is C14H12BrN3O2S. The van der Waals surface area contributed by atoms with Crippen LogP contribution in [-0.4, -0.2) is 13.4 Å². The Labute approximate surface area is 131 Å². The number of halogens is 1. The first kappa shape index (κ1) is 15.6. The second-order valence-corrected chi connectivity index (χ2v) is 7.02. The van der Waals surface area contributed by atoms with Crippen molar-refractivity contribution in [2.24, 2.45) is 0 Å². The topological polar surface area (TPSA) is 82.9 Å². The standard InChI is InChI=1S/C14H12BrN3O2S/c1-10(11-2-4-12(15)5-3-11)18-21(19,20)14-7-6-13(8-16)17-9-14/h2-7,9-10,18H,1H3/t10-/m0/s1. The summed E-state index contributed by atoms with van der Waals surface area (Å²) in [6, 6.07) is 11.6. The average molecular weight is 366 g/mol. The van der Waals surface area contributed by atoms with Gasteiger partial charge in [-0.1, -0.05) is 28.1 Å². The minimum atomic E-state index is -3.68. The Morgan fingerprint density at radius 1 is 1.24 bits per heavy atom. The van der Waals surface area contributed by atoms with Crippen molar-refractivity contribution in [3.63, 3.8) is 0 Å². The van der Waals surface area contributed by atoms with Crippen molar-refractivity contribution >= 4 is 26.0 Å². The number of nitrogens with zero attached hydrogens (tertiary/aromatic N) is 2. The van der Waals surface area contributed by atoms with Gasteiger partial charge in [0.05, 0.1) is 0 Å². The number of nitriles is 1. The highest BCUT2D eigenvalue weighted by Gasteiger charge is 2.18. The molecule has 0 amide bonds. The molecule has 1 N–H and O–H groups in total. The van der Waals surface area contributed by atoms with E-state index in [0.717, 1.165) is 10.0 Å². The van der Waals surface area contributed by atoms with Crippen molar-refractivity contribution in [1.82, 2.24) is 9.71 Å². The zero-order chi connectivity index (χ0) is 15.5. The zero-order valence-corrected chi connectivity index (χ0v) is 13.5. The number of rotatable bonds is 4. The number of pyridine rings is 1. The first-order chi connectivity index (χ1) is 9.92. The summed E-state index contributed by atoms with van der Waals surface area (Å²) in [5.41, 5.74) is 1.03. The molecule has 0 saturated heterocycles. The summed E-state index contributed by atoms with van der Waals surface area (Å²) in [5.74, 6) is 0. The summed E-state index contributed by atoms with van der Waals surface area (Å²) >= 11 is 3.33. The lowest BCUT2D eigenvalue weighted by atomic mass is 10.1.